The zero-order valence-electron chi connectivity index (χ0n) is 12.1. The lowest BCUT2D eigenvalue weighted by atomic mass is 10.1. The molecule has 5 heteroatoms. The molecule has 0 saturated carbocycles. The summed E-state index contributed by atoms with van der Waals surface area (Å²) in [5.41, 5.74) is 2.29. The van der Waals surface area contributed by atoms with E-state index in [0.717, 1.165) is 35.9 Å². The van der Waals surface area contributed by atoms with E-state index in [9.17, 15) is 9.59 Å². The second-order valence-corrected chi connectivity index (χ2v) is 6.02. The molecule has 0 bridgehead atoms. The molecule has 2 heterocycles. The Morgan fingerprint density at radius 3 is 2.55 bits per heavy atom. The van der Waals surface area contributed by atoms with Crippen LogP contribution in [0.4, 0.5) is 4.79 Å². The first-order valence-corrected chi connectivity index (χ1v) is 7.91. The van der Waals surface area contributed by atoms with E-state index in [1.54, 1.807) is 12.1 Å². The van der Waals surface area contributed by atoms with Crippen molar-refractivity contribution < 1.29 is 14.0 Å². The van der Waals surface area contributed by atoms with Gasteiger partial charge in [0.15, 0.2) is 0 Å². The first kappa shape index (κ1) is 14.7. The molecule has 1 saturated heterocycles. The second kappa shape index (κ2) is 6.23. The van der Waals surface area contributed by atoms with Crippen LogP contribution in [0.2, 0.25) is 0 Å². The molecule has 0 radical (unpaired) electrons. The molecule has 3 rings (SSSR count). The van der Waals surface area contributed by atoms with Crippen molar-refractivity contribution in [1.82, 2.24) is 5.32 Å². The third kappa shape index (κ3) is 3.14. The topological polar surface area (TPSA) is 59.3 Å². The summed E-state index contributed by atoms with van der Waals surface area (Å²) in [5.74, 6) is 0.918. The Morgan fingerprint density at radius 1 is 1.14 bits per heavy atom. The van der Waals surface area contributed by atoms with Gasteiger partial charge in [0, 0.05) is 11.6 Å². The SMILES string of the molecule is CCCc1ccc(-c2ccc(/C=C3\SC(=O)NC3=O)o2)cc1. The van der Waals surface area contributed by atoms with Crippen LogP contribution < -0.4 is 5.32 Å². The van der Waals surface area contributed by atoms with Gasteiger partial charge >= 0.3 is 0 Å². The van der Waals surface area contributed by atoms with Crippen LogP contribution in [0.5, 0.6) is 0 Å². The van der Waals surface area contributed by atoms with Crippen molar-refractivity contribution in [3.05, 3.63) is 52.6 Å². The smallest absolute Gasteiger partial charge is 0.290 e. The molecule has 22 heavy (non-hydrogen) atoms. The van der Waals surface area contributed by atoms with Crippen LogP contribution >= 0.6 is 11.8 Å². The zero-order chi connectivity index (χ0) is 15.5. The van der Waals surface area contributed by atoms with Gasteiger partial charge in [0.05, 0.1) is 4.91 Å². The molecule has 1 fully saturated rings. The number of benzene rings is 1. The van der Waals surface area contributed by atoms with Crippen molar-refractivity contribution in [2.45, 2.75) is 19.8 Å². The Bertz CT molecular complexity index is 744. The predicted octanol–water partition coefficient (Wildman–Crippen LogP) is 4.22. The van der Waals surface area contributed by atoms with Gasteiger partial charge in [-0.1, -0.05) is 37.6 Å². The molecule has 1 aromatic heterocycles. The maximum atomic E-state index is 11.5. The number of hydrogen-bond acceptors (Lipinski definition) is 4. The molecule has 1 N–H and O–H groups in total. The fourth-order valence-electron chi connectivity index (χ4n) is 2.26. The minimum absolute atomic E-state index is 0.351. The lowest BCUT2D eigenvalue weighted by Crippen LogP contribution is -2.17. The average Bonchev–Trinajstić information content (AvgIpc) is 3.08. The van der Waals surface area contributed by atoms with Crippen molar-refractivity contribution in [2.75, 3.05) is 0 Å². The molecular formula is C17H15NO3S. The summed E-state index contributed by atoms with van der Waals surface area (Å²) in [7, 11) is 0. The maximum absolute atomic E-state index is 11.5. The third-order valence-corrected chi connectivity index (χ3v) is 4.13. The van der Waals surface area contributed by atoms with Crippen molar-refractivity contribution >= 4 is 29.0 Å². The average molecular weight is 313 g/mol. The van der Waals surface area contributed by atoms with E-state index in [0.29, 0.717) is 10.7 Å². The Kier molecular flexibility index (Phi) is 4.15. The molecule has 0 unspecified atom stereocenters. The monoisotopic (exact) mass is 313 g/mol. The minimum atomic E-state index is -0.378. The molecule has 1 aromatic carbocycles. The van der Waals surface area contributed by atoms with Gasteiger partial charge in [0.1, 0.15) is 11.5 Å². The summed E-state index contributed by atoms with van der Waals surface area (Å²) in [5, 5.41) is 1.87. The quantitative estimate of drug-likeness (QED) is 0.858. The molecule has 2 aromatic rings. The van der Waals surface area contributed by atoms with Crippen LogP contribution in [0.3, 0.4) is 0 Å². The largest absolute Gasteiger partial charge is 0.457 e. The lowest BCUT2D eigenvalue weighted by Gasteiger charge is -2.00. The van der Waals surface area contributed by atoms with Crippen molar-refractivity contribution in [3.63, 3.8) is 0 Å². The number of aryl methyl sites for hydroxylation is 1. The summed E-state index contributed by atoms with van der Waals surface area (Å²) in [6, 6.07) is 11.9. The number of hydrogen-bond donors (Lipinski definition) is 1. The van der Waals surface area contributed by atoms with Crippen LogP contribution in [0.1, 0.15) is 24.7 Å². The van der Waals surface area contributed by atoms with E-state index in [2.05, 4.69) is 24.4 Å². The Labute approximate surface area is 132 Å². The van der Waals surface area contributed by atoms with Crippen LogP contribution in [0.25, 0.3) is 17.4 Å². The van der Waals surface area contributed by atoms with E-state index in [1.807, 2.05) is 18.2 Å². The van der Waals surface area contributed by atoms with E-state index >= 15 is 0 Å². The number of thioether (sulfide) groups is 1. The maximum Gasteiger partial charge on any atom is 0.290 e. The van der Waals surface area contributed by atoms with E-state index in [-0.39, 0.29) is 11.1 Å². The number of carbonyl (C=O) groups is 2. The van der Waals surface area contributed by atoms with E-state index < -0.39 is 0 Å². The fourth-order valence-corrected chi connectivity index (χ4v) is 2.92. The van der Waals surface area contributed by atoms with Crippen LogP contribution in [0.15, 0.2) is 45.7 Å². The number of amides is 2. The molecule has 0 aliphatic carbocycles. The van der Waals surface area contributed by atoms with Crippen molar-refractivity contribution in [1.29, 1.82) is 0 Å². The van der Waals surface area contributed by atoms with Gasteiger partial charge in [-0.05, 0) is 35.9 Å². The fraction of sp³-hybridized carbons (Fsp3) is 0.176. The van der Waals surface area contributed by atoms with Crippen LogP contribution in [-0.2, 0) is 11.2 Å². The Morgan fingerprint density at radius 2 is 1.91 bits per heavy atom. The highest BCUT2D eigenvalue weighted by Gasteiger charge is 2.25. The highest BCUT2D eigenvalue weighted by atomic mass is 32.2. The highest BCUT2D eigenvalue weighted by molar-refractivity contribution is 8.18. The molecule has 0 atom stereocenters. The predicted molar refractivity (Wildman–Crippen MR) is 87.2 cm³/mol. The molecule has 1 aliphatic rings. The van der Waals surface area contributed by atoms with Gasteiger partial charge in [0.25, 0.3) is 11.1 Å². The van der Waals surface area contributed by atoms with Gasteiger partial charge < -0.3 is 4.42 Å². The van der Waals surface area contributed by atoms with Crippen molar-refractivity contribution in [3.8, 4) is 11.3 Å². The normalized spacial score (nSPS) is 16.3. The van der Waals surface area contributed by atoms with Crippen molar-refractivity contribution in [2.24, 2.45) is 0 Å². The highest BCUT2D eigenvalue weighted by Crippen LogP contribution is 2.28. The van der Waals surface area contributed by atoms with Gasteiger partial charge in [-0.2, -0.15) is 0 Å². The molecule has 1 aliphatic heterocycles. The van der Waals surface area contributed by atoms with Gasteiger partial charge in [-0.25, -0.2) is 0 Å². The summed E-state index contributed by atoms with van der Waals surface area (Å²) >= 11 is 0.883. The van der Waals surface area contributed by atoms with Gasteiger partial charge in [-0.15, -0.1) is 0 Å². The Balaban J connectivity index is 1.80. The summed E-state index contributed by atoms with van der Waals surface area (Å²) in [4.78, 5) is 23.0. The van der Waals surface area contributed by atoms with Gasteiger partial charge in [0.2, 0.25) is 0 Å². The number of furan rings is 1. The third-order valence-electron chi connectivity index (χ3n) is 3.32. The number of rotatable bonds is 4. The van der Waals surface area contributed by atoms with Gasteiger partial charge in [-0.3, -0.25) is 14.9 Å². The van der Waals surface area contributed by atoms with E-state index in [1.165, 1.54) is 5.56 Å². The molecule has 2 amide bonds. The first-order valence-electron chi connectivity index (χ1n) is 7.09. The Hall–Kier alpha value is -2.27. The summed E-state index contributed by atoms with van der Waals surface area (Å²) in [6.07, 6.45) is 3.77. The summed E-state index contributed by atoms with van der Waals surface area (Å²) < 4.78 is 5.73. The lowest BCUT2D eigenvalue weighted by molar-refractivity contribution is -0.115. The molecule has 112 valence electrons. The molecule has 0 spiro atoms. The molecule has 4 nitrogen and oxygen atoms in total. The zero-order valence-corrected chi connectivity index (χ0v) is 12.9. The standard InChI is InChI=1S/C17H15NO3S/c1-2-3-11-4-6-12(7-5-11)14-9-8-13(21-14)10-15-16(19)18-17(20)22-15/h4-10H,2-3H2,1H3,(H,18,19,20)/b15-10-. The van der Waals surface area contributed by atoms with Crippen LogP contribution in [-0.4, -0.2) is 11.1 Å². The number of carbonyl (C=O) groups excluding carboxylic acids is 2. The summed E-state index contributed by atoms with van der Waals surface area (Å²) in [6.45, 7) is 2.15. The first-order chi connectivity index (χ1) is 10.7. The van der Waals surface area contributed by atoms with Crippen LogP contribution in [0, 0.1) is 0 Å². The number of nitrogens with one attached hydrogen (secondary N) is 1. The number of imide groups is 1. The second-order valence-electron chi connectivity index (χ2n) is 5.00. The van der Waals surface area contributed by atoms with E-state index in [4.69, 9.17) is 4.42 Å². The molecular weight excluding hydrogens is 298 g/mol. The minimum Gasteiger partial charge on any atom is -0.457 e.